The topological polar surface area (TPSA) is 75.9 Å². The van der Waals surface area contributed by atoms with Gasteiger partial charge in [-0.1, -0.05) is 36.7 Å². The number of nitrogens with one attached hydrogen (secondary N) is 1. The monoisotopic (exact) mass is 466 g/mol. The quantitative estimate of drug-likeness (QED) is 0.535. The van der Waals surface area contributed by atoms with Crippen LogP contribution in [0, 0.1) is 20.8 Å². The molecule has 2 aromatic heterocycles. The number of pyridine rings is 1. The van der Waals surface area contributed by atoms with E-state index in [0.29, 0.717) is 18.1 Å². The number of benzene rings is 1. The summed E-state index contributed by atoms with van der Waals surface area (Å²) >= 11 is 6.04. The van der Waals surface area contributed by atoms with E-state index in [4.69, 9.17) is 11.6 Å². The van der Waals surface area contributed by atoms with Crippen molar-refractivity contribution in [3.05, 3.63) is 75.6 Å². The molecule has 0 saturated carbocycles. The van der Waals surface area contributed by atoms with Gasteiger partial charge >= 0.3 is 6.03 Å². The zero-order chi connectivity index (χ0) is 23.5. The summed E-state index contributed by atoms with van der Waals surface area (Å²) in [5, 5.41) is 12.8. The van der Waals surface area contributed by atoms with E-state index in [1.54, 1.807) is 0 Å². The van der Waals surface area contributed by atoms with Crippen LogP contribution in [-0.4, -0.2) is 37.2 Å². The number of nitrogens with zero attached hydrogens (tertiary/aromatic N) is 5. The molecular formula is C25H31ClN6O. The van der Waals surface area contributed by atoms with Crippen LogP contribution in [0.5, 0.6) is 0 Å². The smallest absolute Gasteiger partial charge is 0.318 e. The maximum Gasteiger partial charge on any atom is 0.318 e. The van der Waals surface area contributed by atoms with Crippen molar-refractivity contribution in [2.75, 3.05) is 6.54 Å². The van der Waals surface area contributed by atoms with E-state index in [0.717, 1.165) is 53.4 Å². The fourth-order valence-corrected chi connectivity index (χ4v) is 4.71. The molecule has 1 saturated heterocycles. The molecule has 0 unspecified atom stereocenters. The van der Waals surface area contributed by atoms with E-state index in [1.807, 2.05) is 56.0 Å². The van der Waals surface area contributed by atoms with E-state index in [9.17, 15) is 4.79 Å². The largest absolute Gasteiger partial charge is 0.331 e. The number of urea groups is 1. The summed E-state index contributed by atoms with van der Waals surface area (Å²) in [6.45, 7) is 9.35. The van der Waals surface area contributed by atoms with Crippen molar-refractivity contribution >= 4 is 17.6 Å². The van der Waals surface area contributed by atoms with E-state index < -0.39 is 0 Å². The highest BCUT2D eigenvalue weighted by Crippen LogP contribution is 2.32. The zero-order valence-electron chi connectivity index (χ0n) is 19.7. The Morgan fingerprint density at radius 2 is 1.91 bits per heavy atom. The molecule has 2 amide bonds. The molecular weight excluding hydrogens is 436 g/mol. The summed E-state index contributed by atoms with van der Waals surface area (Å²) in [5.41, 5.74) is 4.12. The number of rotatable bonds is 6. The maximum absolute atomic E-state index is 13.4. The standard InChI is InChI=1S/C25H31ClN6O/c1-5-22(21-13-8-16(2)27-17(21)3)28-25(33)31-14-6-7-23(31)24-30-29-18(4)32(24)15-19-9-11-20(26)12-10-19/h8-13,22-23H,5-7,14-15H2,1-4H3,(H,28,33)/t22-,23+/m0/s1. The number of aryl methyl sites for hydroxylation is 3. The van der Waals surface area contributed by atoms with Gasteiger partial charge in [0.2, 0.25) is 0 Å². The summed E-state index contributed by atoms with van der Waals surface area (Å²) in [7, 11) is 0. The SMILES string of the molecule is CC[C@H](NC(=O)N1CCC[C@@H]1c1nnc(C)n1Cc1ccc(Cl)cc1)c1ccc(C)nc1C. The van der Waals surface area contributed by atoms with E-state index in [1.165, 1.54) is 0 Å². The van der Waals surface area contributed by atoms with Crippen LogP contribution in [0.1, 0.15) is 72.4 Å². The molecule has 1 aromatic carbocycles. The molecule has 3 heterocycles. The highest BCUT2D eigenvalue weighted by molar-refractivity contribution is 6.30. The van der Waals surface area contributed by atoms with Gasteiger partial charge in [-0.2, -0.15) is 0 Å². The number of amides is 2. The second kappa shape index (κ2) is 9.91. The minimum atomic E-state index is -0.103. The van der Waals surface area contributed by atoms with Crippen molar-refractivity contribution in [1.82, 2.24) is 30.0 Å². The predicted molar refractivity (Wildman–Crippen MR) is 129 cm³/mol. The molecule has 1 aliphatic rings. The van der Waals surface area contributed by atoms with Crippen LogP contribution in [0.25, 0.3) is 0 Å². The van der Waals surface area contributed by atoms with E-state index in [2.05, 4.69) is 38.1 Å². The van der Waals surface area contributed by atoms with Gasteiger partial charge in [-0.3, -0.25) is 4.98 Å². The van der Waals surface area contributed by atoms with E-state index >= 15 is 0 Å². The fourth-order valence-electron chi connectivity index (χ4n) is 4.59. The van der Waals surface area contributed by atoms with E-state index in [-0.39, 0.29) is 18.1 Å². The van der Waals surface area contributed by atoms with Gasteiger partial charge in [-0.05, 0) is 69.4 Å². The first-order chi connectivity index (χ1) is 15.9. The minimum absolute atomic E-state index is 0.0666. The summed E-state index contributed by atoms with van der Waals surface area (Å²) in [6, 6.07) is 11.6. The minimum Gasteiger partial charge on any atom is -0.331 e. The second-order valence-electron chi connectivity index (χ2n) is 8.71. The Hall–Kier alpha value is -2.93. The molecule has 0 bridgehead atoms. The van der Waals surface area contributed by atoms with Crippen molar-refractivity contribution < 1.29 is 4.79 Å². The summed E-state index contributed by atoms with van der Waals surface area (Å²) in [5.74, 6) is 1.66. The number of carbonyl (C=O) groups is 1. The average molecular weight is 467 g/mol. The number of aromatic nitrogens is 4. The molecule has 0 aliphatic carbocycles. The molecule has 33 heavy (non-hydrogen) atoms. The van der Waals surface area contributed by atoms with Crippen LogP contribution in [0.3, 0.4) is 0 Å². The molecule has 8 heteroatoms. The third-order valence-corrected chi connectivity index (χ3v) is 6.63. The van der Waals surface area contributed by atoms with Gasteiger partial charge in [-0.25, -0.2) is 4.79 Å². The number of hydrogen-bond donors (Lipinski definition) is 1. The van der Waals surface area contributed by atoms with Crippen LogP contribution in [0.2, 0.25) is 5.02 Å². The summed E-state index contributed by atoms with van der Waals surface area (Å²) < 4.78 is 2.10. The van der Waals surface area contributed by atoms with Crippen molar-refractivity contribution in [3.63, 3.8) is 0 Å². The molecule has 1 fully saturated rings. The van der Waals surface area contributed by atoms with Crippen molar-refractivity contribution in [1.29, 1.82) is 0 Å². The van der Waals surface area contributed by atoms with Crippen LogP contribution >= 0.6 is 11.6 Å². The highest BCUT2D eigenvalue weighted by atomic mass is 35.5. The van der Waals surface area contributed by atoms with Crippen LogP contribution in [0.15, 0.2) is 36.4 Å². The van der Waals surface area contributed by atoms with Gasteiger partial charge in [0.15, 0.2) is 5.82 Å². The number of halogens is 1. The van der Waals surface area contributed by atoms with Crippen LogP contribution < -0.4 is 5.32 Å². The third-order valence-electron chi connectivity index (χ3n) is 6.38. The Morgan fingerprint density at radius 3 is 2.61 bits per heavy atom. The van der Waals surface area contributed by atoms with Crippen molar-refractivity contribution in [2.24, 2.45) is 0 Å². The molecule has 1 N–H and O–H groups in total. The summed E-state index contributed by atoms with van der Waals surface area (Å²) in [6.07, 6.45) is 2.60. The van der Waals surface area contributed by atoms with Crippen molar-refractivity contribution in [2.45, 2.75) is 65.6 Å². The lowest BCUT2D eigenvalue weighted by molar-refractivity contribution is 0.185. The molecule has 0 radical (unpaired) electrons. The Balaban J connectivity index is 1.54. The van der Waals surface area contributed by atoms with Crippen molar-refractivity contribution in [3.8, 4) is 0 Å². The second-order valence-corrected chi connectivity index (χ2v) is 9.14. The zero-order valence-corrected chi connectivity index (χ0v) is 20.4. The van der Waals surface area contributed by atoms with Gasteiger partial charge in [0.05, 0.1) is 18.6 Å². The number of carbonyl (C=O) groups excluding carboxylic acids is 1. The lowest BCUT2D eigenvalue weighted by atomic mass is 10.0. The highest BCUT2D eigenvalue weighted by Gasteiger charge is 2.35. The van der Waals surface area contributed by atoms with Gasteiger partial charge in [0.25, 0.3) is 0 Å². The molecule has 174 valence electrons. The van der Waals surface area contributed by atoms with Gasteiger partial charge < -0.3 is 14.8 Å². The third kappa shape index (κ3) is 5.03. The number of hydrogen-bond acceptors (Lipinski definition) is 4. The Morgan fingerprint density at radius 1 is 1.15 bits per heavy atom. The molecule has 1 aliphatic heterocycles. The Kier molecular flexibility index (Phi) is 6.98. The molecule has 4 rings (SSSR count). The molecule has 2 atom stereocenters. The lowest BCUT2D eigenvalue weighted by Crippen LogP contribution is -2.42. The Bertz CT molecular complexity index is 1130. The first kappa shape index (κ1) is 23.2. The first-order valence-corrected chi connectivity index (χ1v) is 11.9. The first-order valence-electron chi connectivity index (χ1n) is 11.5. The normalized spacial score (nSPS) is 16.8. The van der Waals surface area contributed by atoms with Gasteiger partial charge in [-0.15, -0.1) is 10.2 Å². The Labute approximate surface area is 200 Å². The average Bonchev–Trinajstić information content (AvgIpc) is 3.41. The maximum atomic E-state index is 13.4. The summed E-state index contributed by atoms with van der Waals surface area (Å²) in [4.78, 5) is 19.9. The molecule has 7 nitrogen and oxygen atoms in total. The number of likely N-dealkylation sites (tertiary alicyclic amines) is 1. The van der Waals surface area contributed by atoms with Crippen LogP contribution in [0.4, 0.5) is 4.79 Å². The van der Waals surface area contributed by atoms with Gasteiger partial charge in [0.1, 0.15) is 5.82 Å². The van der Waals surface area contributed by atoms with Gasteiger partial charge in [0, 0.05) is 23.0 Å². The molecule has 0 spiro atoms. The molecule has 3 aromatic rings. The lowest BCUT2D eigenvalue weighted by Gasteiger charge is -2.28. The predicted octanol–water partition coefficient (Wildman–Crippen LogP) is 5.30. The van der Waals surface area contributed by atoms with Crippen LogP contribution in [-0.2, 0) is 6.54 Å². The fraction of sp³-hybridized carbons (Fsp3) is 0.440.